The van der Waals surface area contributed by atoms with E-state index in [4.69, 9.17) is 0 Å². The molecule has 1 aliphatic rings. The number of nitriles is 1. The predicted molar refractivity (Wildman–Crippen MR) is 104 cm³/mol. The lowest BCUT2D eigenvalue weighted by atomic mass is 10.1. The maximum absolute atomic E-state index is 9.56. The van der Waals surface area contributed by atoms with E-state index in [9.17, 15) is 5.26 Å². The average molecular weight is 349 g/mol. The Morgan fingerprint density at radius 1 is 1.27 bits per heavy atom. The molecular weight excluding hydrogens is 322 g/mol. The SMILES string of the molecule is Cc1cc(N2CCCC(N(C)Cc3ccccn3)CC2)c(C#N)c(C)n1. The lowest BCUT2D eigenvalue weighted by Crippen LogP contribution is -2.33. The van der Waals surface area contributed by atoms with Gasteiger partial charge in [-0.2, -0.15) is 5.26 Å². The van der Waals surface area contributed by atoms with Crippen LogP contribution in [0.2, 0.25) is 0 Å². The highest BCUT2D eigenvalue weighted by Gasteiger charge is 2.23. The summed E-state index contributed by atoms with van der Waals surface area (Å²) in [4.78, 5) is 13.7. The van der Waals surface area contributed by atoms with Gasteiger partial charge >= 0.3 is 0 Å². The molecule has 136 valence electrons. The number of hydrogen-bond donors (Lipinski definition) is 0. The summed E-state index contributed by atoms with van der Waals surface area (Å²) in [7, 11) is 2.19. The topological polar surface area (TPSA) is 56.0 Å². The second-order valence-electron chi connectivity index (χ2n) is 7.16. The van der Waals surface area contributed by atoms with Gasteiger partial charge in [0.05, 0.1) is 22.6 Å². The van der Waals surface area contributed by atoms with E-state index in [2.05, 4.69) is 45.0 Å². The van der Waals surface area contributed by atoms with Crippen LogP contribution in [0.15, 0.2) is 30.5 Å². The second kappa shape index (κ2) is 8.29. The van der Waals surface area contributed by atoms with Crippen molar-refractivity contribution in [1.82, 2.24) is 14.9 Å². The van der Waals surface area contributed by atoms with Gasteiger partial charge in [0.15, 0.2) is 0 Å². The van der Waals surface area contributed by atoms with Crippen LogP contribution < -0.4 is 4.90 Å². The standard InChI is InChI=1S/C21H27N5/c1-16-13-21(20(14-22)17(2)24-16)26-11-6-8-19(9-12-26)25(3)15-18-7-4-5-10-23-18/h4-5,7,10,13,19H,6,8-9,11-12,15H2,1-3H3. The molecule has 3 heterocycles. The molecule has 0 aromatic carbocycles. The van der Waals surface area contributed by atoms with Gasteiger partial charge < -0.3 is 4.90 Å². The minimum atomic E-state index is 0.538. The van der Waals surface area contributed by atoms with Crippen LogP contribution in [0.1, 0.15) is 41.9 Å². The molecule has 1 fully saturated rings. The minimum absolute atomic E-state index is 0.538. The Bertz CT molecular complexity index is 781. The molecule has 0 N–H and O–H groups in total. The Labute approximate surface area is 156 Å². The van der Waals surface area contributed by atoms with Crippen molar-refractivity contribution < 1.29 is 0 Å². The molecule has 1 unspecified atom stereocenters. The lowest BCUT2D eigenvalue weighted by Gasteiger charge is -2.28. The first kappa shape index (κ1) is 18.3. The van der Waals surface area contributed by atoms with Gasteiger partial charge in [0.25, 0.3) is 0 Å². The number of nitrogens with zero attached hydrogens (tertiary/aromatic N) is 5. The molecule has 2 aromatic heterocycles. The molecule has 0 amide bonds. The highest BCUT2D eigenvalue weighted by molar-refractivity contribution is 5.61. The van der Waals surface area contributed by atoms with Gasteiger partial charge in [0.2, 0.25) is 0 Å². The molecule has 0 aliphatic carbocycles. The lowest BCUT2D eigenvalue weighted by molar-refractivity contribution is 0.215. The average Bonchev–Trinajstić information content (AvgIpc) is 2.88. The third-order valence-corrected chi connectivity index (χ3v) is 5.22. The van der Waals surface area contributed by atoms with Gasteiger partial charge in [-0.15, -0.1) is 0 Å². The fraction of sp³-hybridized carbons (Fsp3) is 0.476. The molecule has 5 heteroatoms. The van der Waals surface area contributed by atoms with Gasteiger partial charge in [-0.25, -0.2) is 0 Å². The summed E-state index contributed by atoms with van der Waals surface area (Å²) in [5, 5.41) is 9.56. The summed E-state index contributed by atoms with van der Waals surface area (Å²) in [6.07, 6.45) is 5.25. The minimum Gasteiger partial charge on any atom is -0.370 e. The van der Waals surface area contributed by atoms with Crippen molar-refractivity contribution in [2.45, 2.75) is 45.7 Å². The fourth-order valence-corrected chi connectivity index (χ4v) is 3.83. The Balaban J connectivity index is 1.70. The number of aryl methyl sites for hydroxylation is 2. The van der Waals surface area contributed by atoms with E-state index in [1.54, 1.807) is 0 Å². The molecule has 0 radical (unpaired) electrons. The number of anilines is 1. The maximum atomic E-state index is 9.56. The van der Waals surface area contributed by atoms with E-state index in [0.29, 0.717) is 6.04 Å². The molecule has 0 bridgehead atoms. The van der Waals surface area contributed by atoms with Gasteiger partial charge in [-0.05, 0) is 58.4 Å². The van der Waals surface area contributed by atoms with Crippen LogP contribution in [-0.4, -0.2) is 41.0 Å². The third kappa shape index (κ3) is 4.20. The zero-order valence-corrected chi connectivity index (χ0v) is 15.9. The molecule has 5 nitrogen and oxygen atoms in total. The first-order chi connectivity index (χ1) is 12.6. The number of aromatic nitrogens is 2. The number of pyridine rings is 2. The molecule has 0 spiro atoms. The van der Waals surface area contributed by atoms with E-state index in [-0.39, 0.29) is 0 Å². The molecule has 2 aromatic rings. The Morgan fingerprint density at radius 3 is 2.85 bits per heavy atom. The maximum Gasteiger partial charge on any atom is 0.103 e. The van der Waals surface area contributed by atoms with Gasteiger partial charge in [0.1, 0.15) is 6.07 Å². The second-order valence-corrected chi connectivity index (χ2v) is 7.16. The summed E-state index contributed by atoms with van der Waals surface area (Å²) in [5.74, 6) is 0. The van der Waals surface area contributed by atoms with Crippen molar-refractivity contribution in [3.8, 4) is 6.07 Å². The normalized spacial score (nSPS) is 17.8. The Hall–Kier alpha value is -2.45. The molecule has 3 rings (SSSR count). The van der Waals surface area contributed by atoms with E-state index in [1.807, 2.05) is 32.2 Å². The zero-order chi connectivity index (χ0) is 18.5. The van der Waals surface area contributed by atoms with Crippen LogP contribution >= 0.6 is 0 Å². The van der Waals surface area contributed by atoms with E-state index >= 15 is 0 Å². The summed E-state index contributed by atoms with van der Waals surface area (Å²) >= 11 is 0. The summed E-state index contributed by atoms with van der Waals surface area (Å²) in [6.45, 7) is 6.76. The van der Waals surface area contributed by atoms with Gasteiger partial charge in [0, 0.05) is 37.6 Å². The van der Waals surface area contributed by atoms with Gasteiger partial charge in [-0.3, -0.25) is 14.9 Å². The van der Waals surface area contributed by atoms with Crippen LogP contribution in [0.5, 0.6) is 0 Å². The van der Waals surface area contributed by atoms with Crippen molar-refractivity contribution in [2.24, 2.45) is 0 Å². The van der Waals surface area contributed by atoms with E-state index in [0.717, 1.165) is 60.8 Å². The molecule has 1 saturated heterocycles. The monoisotopic (exact) mass is 349 g/mol. The van der Waals surface area contributed by atoms with Crippen molar-refractivity contribution in [3.05, 3.63) is 53.1 Å². The van der Waals surface area contributed by atoms with Crippen LogP contribution in [0, 0.1) is 25.2 Å². The Morgan fingerprint density at radius 2 is 2.12 bits per heavy atom. The van der Waals surface area contributed by atoms with Crippen LogP contribution in [0.25, 0.3) is 0 Å². The quantitative estimate of drug-likeness (QED) is 0.846. The van der Waals surface area contributed by atoms with E-state index < -0.39 is 0 Å². The van der Waals surface area contributed by atoms with Crippen molar-refractivity contribution >= 4 is 5.69 Å². The van der Waals surface area contributed by atoms with Crippen LogP contribution in [0.3, 0.4) is 0 Å². The fourth-order valence-electron chi connectivity index (χ4n) is 3.83. The molecular formula is C21H27N5. The third-order valence-electron chi connectivity index (χ3n) is 5.22. The molecule has 1 atom stereocenters. The van der Waals surface area contributed by atoms with E-state index in [1.165, 1.54) is 6.42 Å². The van der Waals surface area contributed by atoms with Crippen molar-refractivity contribution in [3.63, 3.8) is 0 Å². The van der Waals surface area contributed by atoms with Crippen LogP contribution in [0.4, 0.5) is 5.69 Å². The zero-order valence-electron chi connectivity index (χ0n) is 15.9. The molecule has 26 heavy (non-hydrogen) atoms. The van der Waals surface area contributed by atoms with Crippen LogP contribution in [-0.2, 0) is 6.54 Å². The van der Waals surface area contributed by atoms with Gasteiger partial charge in [-0.1, -0.05) is 6.07 Å². The molecule has 0 saturated carbocycles. The Kier molecular flexibility index (Phi) is 5.85. The molecule has 1 aliphatic heterocycles. The summed E-state index contributed by atoms with van der Waals surface area (Å²) in [5.41, 5.74) is 4.69. The summed E-state index contributed by atoms with van der Waals surface area (Å²) < 4.78 is 0. The van der Waals surface area contributed by atoms with Crippen molar-refractivity contribution in [1.29, 1.82) is 5.26 Å². The first-order valence-corrected chi connectivity index (χ1v) is 9.32. The smallest absolute Gasteiger partial charge is 0.103 e. The first-order valence-electron chi connectivity index (χ1n) is 9.32. The number of rotatable bonds is 4. The van der Waals surface area contributed by atoms with Crippen molar-refractivity contribution in [2.75, 3.05) is 25.0 Å². The summed E-state index contributed by atoms with van der Waals surface area (Å²) in [6, 6.07) is 11.0. The number of hydrogen-bond acceptors (Lipinski definition) is 5. The largest absolute Gasteiger partial charge is 0.370 e. The highest BCUT2D eigenvalue weighted by Crippen LogP contribution is 2.27. The predicted octanol–water partition coefficient (Wildman–Crippen LogP) is 3.46. The highest BCUT2D eigenvalue weighted by atomic mass is 15.2.